The van der Waals surface area contributed by atoms with Gasteiger partial charge in [-0.15, -0.1) is 0 Å². The summed E-state index contributed by atoms with van der Waals surface area (Å²) in [6.07, 6.45) is 5.61. The SMILES string of the molecule is CCCc1nc(NCC)cc(-c2ccncc2C)n1. The molecule has 2 rings (SSSR count). The fourth-order valence-electron chi connectivity index (χ4n) is 2.00. The molecule has 100 valence electrons. The second-order valence-electron chi connectivity index (χ2n) is 4.53. The second kappa shape index (κ2) is 6.27. The van der Waals surface area contributed by atoms with Gasteiger partial charge in [0.25, 0.3) is 0 Å². The monoisotopic (exact) mass is 256 g/mol. The standard InChI is InChI=1S/C15H20N4/c1-4-6-14-18-13(9-15(19-14)17-5-2)12-7-8-16-10-11(12)3/h7-10H,4-6H2,1-3H3,(H,17,18,19). The lowest BCUT2D eigenvalue weighted by molar-refractivity contribution is 0.836. The lowest BCUT2D eigenvalue weighted by Gasteiger charge is -2.10. The number of aryl methyl sites for hydroxylation is 2. The van der Waals surface area contributed by atoms with Crippen molar-refractivity contribution in [3.05, 3.63) is 35.9 Å². The number of aromatic nitrogens is 3. The van der Waals surface area contributed by atoms with Crippen LogP contribution in [0.2, 0.25) is 0 Å². The number of hydrogen-bond acceptors (Lipinski definition) is 4. The molecule has 0 amide bonds. The van der Waals surface area contributed by atoms with Gasteiger partial charge in [0.05, 0.1) is 5.69 Å². The Hall–Kier alpha value is -1.97. The number of hydrogen-bond donors (Lipinski definition) is 1. The van der Waals surface area contributed by atoms with E-state index < -0.39 is 0 Å². The van der Waals surface area contributed by atoms with Crippen molar-refractivity contribution < 1.29 is 0 Å². The van der Waals surface area contributed by atoms with Crippen molar-refractivity contribution >= 4 is 5.82 Å². The minimum absolute atomic E-state index is 0.858. The minimum atomic E-state index is 0.858. The fourth-order valence-corrected chi connectivity index (χ4v) is 2.00. The molecule has 0 unspecified atom stereocenters. The average molecular weight is 256 g/mol. The predicted molar refractivity (Wildman–Crippen MR) is 78.2 cm³/mol. The maximum absolute atomic E-state index is 4.66. The van der Waals surface area contributed by atoms with Crippen molar-refractivity contribution in [2.75, 3.05) is 11.9 Å². The summed E-state index contributed by atoms with van der Waals surface area (Å²) in [5.74, 6) is 1.79. The van der Waals surface area contributed by atoms with Crippen LogP contribution in [-0.2, 0) is 6.42 Å². The van der Waals surface area contributed by atoms with Crippen LogP contribution in [0.5, 0.6) is 0 Å². The molecule has 4 nitrogen and oxygen atoms in total. The van der Waals surface area contributed by atoms with Crippen LogP contribution in [0.3, 0.4) is 0 Å². The van der Waals surface area contributed by atoms with E-state index in [2.05, 4.69) is 41.0 Å². The summed E-state index contributed by atoms with van der Waals surface area (Å²) in [6.45, 7) is 7.12. The highest BCUT2D eigenvalue weighted by molar-refractivity contribution is 5.65. The third-order valence-corrected chi connectivity index (χ3v) is 2.90. The van der Waals surface area contributed by atoms with E-state index in [0.717, 1.165) is 47.8 Å². The number of pyridine rings is 1. The molecular weight excluding hydrogens is 236 g/mol. The van der Waals surface area contributed by atoms with Gasteiger partial charge in [-0.2, -0.15) is 0 Å². The van der Waals surface area contributed by atoms with Gasteiger partial charge in [0.2, 0.25) is 0 Å². The van der Waals surface area contributed by atoms with Crippen LogP contribution >= 0.6 is 0 Å². The summed E-state index contributed by atoms with van der Waals surface area (Å²) in [7, 11) is 0. The van der Waals surface area contributed by atoms with E-state index in [4.69, 9.17) is 0 Å². The van der Waals surface area contributed by atoms with Crippen molar-refractivity contribution in [2.45, 2.75) is 33.6 Å². The molecule has 4 heteroatoms. The molecule has 0 radical (unpaired) electrons. The Morgan fingerprint density at radius 2 is 2.05 bits per heavy atom. The van der Waals surface area contributed by atoms with Crippen LogP contribution in [0.1, 0.15) is 31.7 Å². The molecule has 0 fully saturated rings. The zero-order chi connectivity index (χ0) is 13.7. The van der Waals surface area contributed by atoms with Crippen molar-refractivity contribution in [1.29, 1.82) is 0 Å². The fraction of sp³-hybridized carbons (Fsp3) is 0.400. The van der Waals surface area contributed by atoms with Crippen molar-refractivity contribution in [3.8, 4) is 11.3 Å². The molecule has 0 atom stereocenters. The van der Waals surface area contributed by atoms with Crippen LogP contribution in [-0.4, -0.2) is 21.5 Å². The molecule has 19 heavy (non-hydrogen) atoms. The highest BCUT2D eigenvalue weighted by atomic mass is 15.0. The molecule has 0 saturated heterocycles. The first-order valence-corrected chi connectivity index (χ1v) is 6.77. The summed E-state index contributed by atoms with van der Waals surface area (Å²) in [5, 5.41) is 3.27. The molecule has 0 aliphatic rings. The zero-order valence-electron chi connectivity index (χ0n) is 11.8. The van der Waals surface area contributed by atoms with Gasteiger partial charge in [-0.25, -0.2) is 9.97 Å². The molecule has 2 aromatic heterocycles. The first-order valence-electron chi connectivity index (χ1n) is 6.77. The quantitative estimate of drug-likeness (QED) is 0.892. The molecule has 0 aromatic carbocycles. The van der Waals surface area contributed by atoms with E-state index in [9.17, 15) is 0 Å². The summed E-state index contributed by atoms with van der Waals surface area (Å²) in [5.41, 5.74) is 3.22. The number of nitrogens with one attached hydrogen (secondary N) is 1. The summed E-state index contributed by atoms with van der Waals surface area (Å²) < 4.78 is 0. The Labute approximate surface area is 114 Å². The van der Waals surface area contributed by atoms with Crippen LogP contribution < -0.4 is 5.32 Å². The third-order valence-electron chi connectivity index (χ3n) is 2.90. The summed E-state index contributed by atoms with van der Waals surface area (Å²) in [4.78, 5) is 13.3. The molecule has 1 N–H and O–H groups in total. The van der Waals surface area contributed by atoms with Crippen molar-refractivity contribution in [3.63, 3.8) is 0 Å². The molecule has 0 bridgehead atoms. The topological polar surface area (TPSA) is 50.7 Å². The molecule has 0 aliphatic carbocycles. The molecule has 0 saturated carbocycles. The Bertz CT molecular complexity index is 527. The van der Waals surface area contributed by atoms with Gasteiger partial charge in [-0.05, 0) is 31.9 Å². The van der Waals surface area contributed by atoms with Crippen LogP contribution in [0, 0.1) is 6.92 Å². The Morgan fingerprint density at radius 3 is 2.74 bits per heavy atom. The lowest BCUT2D eigenvalue weighted by atomic mass is 10.1. The van der Waals surface area contributed by atoms with E-state index >= 15 is 0 Å². The summed E-state index contributed by atoms with van der Waals surface area (Å²) in [6, 6.07) is 4.01. The van der Waals surface area contributed by atoms with Gasteiger partial charge < -0.3 is 5.32 Å². The number of anilines is 1. The predicted octanol–water partition coefficient (Wildman–Crippen LogP) is 3.23. The Morgan fingerprint density at radius 1 is 1.21 bits per heavy atom. The largest absolute Gasteiger partial charge is 0.370 e. The highest BCUT2D eigenvalue weighted by Gasteiger charge is 2.08. The van der Waals surface area contributed by atoms with E-state index in [1.165, 1.54) is 0 Å². The smallest absolute Gasteiger partial charge is 0.131 e. The van der Waals surface area contributed by atoms with Crippen LogP contribution in [0.4, 0.5) is 5.82 Å². The molecule has 2 aromatic rings. The van der Waals surface area contributed by atoms with Crippen LogP contribution in [0.15, 0.2) is 24.5 Å². The Balaban J connectivity index is 2.46. The Kier molecular flexibility index (Phi) is 4.44. The second-order valence-corrected chi connectivity index (χ2v) is 4.53. The third kappa shape index (κ3) is 3.28. The van der Waals surface area contributed by atoms with E-state index in [1.54, 1.807) is 6.20 Å². The van der Waals surface area contributed by atoms with Gasteiger partial charge in [0, 0.05) is 37.0 Å². The highest BCUT2D eigenvalue weighted by Crippen LogP contribution is 2.22. The molecule has 0 spiro atoms. The first-order chi connectivity index (χ1) is 9.24. The lowest BCUT2D eigenvalue weighted by Crippen LogP contribution is -2.05. The minimum Gasteiger partial charge on any atom is -0.370 e. The van der Waals surface area contributed by atoms with E-state index in [1.807, 2.05) is 18.3 Å². The number of nitrogens with zero attached hydrogens (tertiary/aromatic N) is 3. The first kappa shape index (κ1) is 13.5. The van der Waals surface area contributed by atoms with E-state index in [-0.39, 0.29) is 0 Å². The molecule has 2 heterocycles. The van der Waals surface area contributed by atoms with Crippen molar-refractivity contribution in [1.82, 2.24) is 15.0 Å². The normalized spacial score (nSPS) is 10.5. The van der Waals surface area contributed by atoms with Gasteiger partial charge in [0.1, 0.15) is 11.6 Å². The maximum Gasteiger partial charge on any atom is 0.131 e. The van der Waals surface area contributed by atoms with Gasteiger partial charge in [0.15, 0.2) is 0 Å². The van der Waals surface area contributed by atoms with Gasteiger partial charge in [-0.1, -0.05) is 6.92 Å². The zero-order valence-corrected chi connectivity index (χ0v) is 11.8. The van der Waals surface area contributed by atoms with Crippen molar-refractivity contribution in [2.24, 2.45) is 0 Å². The van der Waals surface area contributed by atoms with E-state index in [0.29, 0.717) is 0 Å². The van der Waals surface area contributed by atoms with Gasteiger partial charge in [-0.3, -0.25) is 4.98 Å². The summed E-state index contributed by atoms with van der Waals surface area (Å²) >= 11 is 0. The average Bonchev–Trinajstić information content (AvgIpc) is 2.40. The van der Waals surface area contributed by atoms with Crippen LogP contribution in [0.25, 0.3) is 11.3 Å². The molecular formula is C15H20N4. The molecule has 0 aliphatic heterocycles. The number of rotatable bonds is 5. The maximum atomic E-state index is 4.66. The van der Waals surface area contributed by atoms with Gasteiger partial charge >= 0.3 is 0 Å².